The molecule has 134 valence electrons. The van der Waals surface area contributed by atoms with E-state index in [1.807, 2.05) is 4.90 Å². The maximum Gasteiger partial charge on any atom is 0.255 e. The molecule has 1 fully saturated rings. The number of rotatable bonds is 4. The summed E-state index contributed by atoms with van der Waals surface area (Å²) in [5.41, 5.74) is 0.504. The summed E-state index contributed by atoms with van der Waals surface area (Å²) in [6, 6.07) is 1.97. The van der Waals surface area contributed by atoms with Crippen LogP contribution < -0.4 is 0 Å². The zero-order chi connectivity index (χ0) is 18.0. The van der Waals surface area contributed by atoms with Gasteiger partial charge in [0.2, 0.25) is 0 Å². The SMILES string of the molecule is CC1CN(C(=O)c2cncc(-n3ccnn3)c2)CCN1CC(C)(C)O. The molecule has 0 saturated carbocycles. The fourth-order valence-corrected chi connectivity index (χ4v) is 3.11. The highest BCUT2D eigenvalue weighted by atomic mass is 16.3. The minimum absolute atomic E-state index is 0.0378. The van der Waals surface area contributed by atoms with E-state index in [0.717, 1.165) is 6.54 Å². The Bertz CT molecular complexity index is 725. The van der Waals surface area contributed by atoms with Gasteiger partial charge in [0.05, 0.1) is 35.4 Å². The minimum Gasteiger partial charge on any atom is -0.389 e. The third-order valence-corrected chi connectivity index (χ3v) is 4.30. The van der Waals surface area contributed by atoms with E-state index in [2.05, 4.69) is 27.1 Å². The number of pyridine rings is 1. The van der Waals surface area contributed by atoms with Crippen LogP contribution in [0.1, 0.15) is 31.1 Å². The number of carbonyl (C=O) groups is 1. The Kier molecular flexibility index (Phi) is 4.82. The summed E-state index contributed by atoms with van der Waals surface area (Å²) in [7, 11) is 0. The molecule has 0 aromatic carbocycles. The lowest BCUT2D eigenvalue weighted by molar-refractivity contribution is -0.00144. The average molecular weight is 344 g/mol. The predicted octanol–water partition coefficient (Wildman–Crippen LogP) is 0.579. The molecule has 1 saturated heterocycles. The minimum atomic E-state index is -0.740. The molecule has 25 heavy (non-hydrogen) atoms. The number of β-amino-alcohol motifs (C(OH)–C–C–N with tert-alkyl or cyclic N) is 1. The Morgan fingerprint density at radius 3 is 2.80 bits per heavy atom. The average Bonchev–Trinajstić information content (AvgIpc) is 3.09. The van der Waals surface area contributed by atoms with E-state index in [9.17, 15) is 9.90 Å². The molecule has 1 aliphatic heterocycles. The van der Waals surface area contributed by atoms with Gasteiger partial charge in [-0.15, -0.1) is 5.10 Å². The number of amides is 1. The van der Waals surface area contributed by atoms with Crippen LogP contribution in [-0.2, 0) is 0 Å². The Morgan fingerprint density at radius 1 is 1.36 bits per heavy atom. The van der Waals surface area contributed by atoms with Crippen molar-refractivity contribution in [3.63, 3.8) is 0 Å². The van der Waals surface area contributed by atoms with E-state index in [1.165, 1.54) is 0 Å². The molecule has 0 bridgehead atoms. The van der Waals surface area contributed by atoms with Gasteiger partial charge in [0.15, 0.2) is 0 Å². The normalized spacial score (nSPS) is 19.2. The second kappa shape index (κ2) is 6.89. The van der Waals surface area contributed by atoms with E-state index in [1.54, 1.807) is 49.4 Å². The van der Waals surface area contributed by atoms with Gasteiger partial charge in [0.1, 0.15) is 0 Å². The molecule has 8 nitrogen and oxygen atoms in total. The Labute approximate surface area is 147 Å². The second-order valence-electron chi connectivity index (χ2n) is 7.16. The van der Waals surface area contributed by atoms with Crippen molar-refractivity contribution in [3.05, 3.63) is 36.4 Å². The van der Waals surface area contributed by atoms with Gasteiger partial charge in [-0.25, -0.2) is 4.68 Å². The van der Waals surface area contributed by atoms with Gasteiger partial charge in [-0.05, 0) is 26.8 Å². The fourth-order valence-electron chi connectivity index (χ4n) is 3.11. The van der Waals surface area contributed by atoms with Crippen LogP contribution in [0.15, 0.2) is 30.9 Å². The zero-order valence-electron chi connectivity index (χ0n) is 14.8. The van der Waals surface area contributed by atoms with E-state index >= 15 is 0 Å². The molecule has 1 unspecified atom stereocenters. The Balaban J connectivity index is 1.69. The van der Waals surface area contributed by atoms with Crippen LogP contribution in [0, 0.1) is 0 Å². The molecule has 1 N–H and O–H groups in total. The standard InChI is InChI=1S/C17H24N6O2/c1-13-11-21(6-7-22(13)12-17(2,3)25)16(24)14-8-15(10-18-9-14)23-5-4-19-20-23/h4-5,8-10,13,25H,6-7,11-12H2,1-3H3. The van der Waals surface area contributed by atoms with Crippen molar-refractivity contribution in [2.75, 3.05) is 26.2 Å². The molecule has 2 aromatic rings. The zero-order valence-corrected chi connectivity index (χ0v) is 14.8. The Hall–Kier alpha value is -2.32. The molecule has 3 heterocycles. The highest BCUT2D eigenvalue weighted by molar-refractivity contribution is 5.94. The lowest BCUT2D eigenvalue weighted by Gasteiger charge is -2.42. The number of hydrogen-bond donors (Lipinski definition) is 1. The number of piperazine rings is 1. The maximum absolute atomic E-state index is 12.8. The molecule has 2 aromatic heterocycles. The molecule has 1 atom stereocenters. The van der Waals surface area contributed by atoms with E-state index in [4.69, 9.17) is 0 Å². The second-order valence-corrected chi connectivity index (χ2v) is 7.16. The predicted molar refractivity (Wildman–Crippen MR) is 92.4 cm³/mol. The first-order valence-corrected chi connectivity index (χ1v) is 8.41. The lowest BCUT2D eigenvalue weighted by atomic mass is 10.1. The van der Waals surface area contributed by atoms with E-state index in [-0.39, 0.29) is 11.9 Å². The van der Waals surface area contributed by atoms with Gasteiger partial charge < -0.3 is 10.0 Å². The molecule has 0 aliphatic carbocycles. The van der Waals surface area contributed by atoms with Crippen LogP contribution in [0.25, 0.3) is 5.69 Å². The topological polar surface area (TPSA) is 87.4 Å². The summed E-state index contributed by atoms with van der Waals surface area (Å²) in [6.45, 7) is 8.29. The van der Waals surface area contributed by atoms with Crippen LogP contribution in [0.4, 0.5) is 0 Å². The number of carbonyl (C=O) groups excluding carboxylic acids is 1. The number of aromatic nitrogens is 4. The quantitative estimate of drug-likeness (QED) is 0.873. The third kappa shape index (κ3) is 4.21. The van der Waals surface area contributed by atoms with Crippen LogP contribution in [0.2, 0.25) is 0 Å². The third-order valence-electron chi connectivity index (χ3n) is 4.30. The van der Waals surface area contributed by atoms with Crippen molar-refractivity contribution in [1.29, 1.82) is 0 Å². The maximum atomic E-state index is 12.8. The first kappa shape index (κ1) is 17.5. The summed E-state index contributed by atoms with van der Waals surface area (Å²) in [5.74, 6) is -0.0378. The molecule has 1 aliphatic rings. The van der Waals surface area contributed by atoms with E-state index in [0.29, 0.717) is 30.9 Å². The van der Waals surface area contributed by atoms with Crippen LogP contribution in [0.3, 0.4) is 0 Å². The van der Waals surface area contributed by atoms with Crippen LogP contribution >= 0.6 is 0 Å². The van der Waals surface area contributed by atoms with Crippen molar-refractivity contribution < 1.29 is 9.90 Å². The molecule has 0 radical (unpaired) electrons. The number of nitrogens with zero attached hydrogens (tertiary/aromatic N) is 6. The first-order chi connectivity index (χ1) is 11.8. The number of aliphatic hydroxyl groups is 1. The first-order valence-electron chi connectivity index (χ1n) is 8.41. The van der Waals surface area contributed by atoms with Gasteiger partial charge in [0, 0.05) is 38.4 Å². The van der Waals surface area contributed by atoms with Crippen molar-refractivity contribution in [2.45, 2.75) is 32.4 Å². The van der Waals surface area contributed by atoms with Gasteiger partial charge in [-0.1, -0.05) is 5.21 Å². The van der Waals surface area contributed by atoms with Crippen LogP contribution in [-0.4, -0.2) is 78.6 Å². The Morgan fingerprint density at radius 2 is 2.16 bits per heavy atom. The molecule has 3 rings (SSSR count). The highest BCUT2D eigenvalue weighted by Crippen LogP contribution is 2.17. The van der Waals surface area contributed by atoms with Crippen molar-refractivity contribution in [3.8, 4) is 5.69 Å². The van der Waals surface area contributed by atoms with Gasteiger partial charge in [-0.3, -0.25) is 14.7 Å². The largest absolute Gasteiger partial charge is 0.389 e. The molecule has 1 amide bonds. The molecular weight excluding hydrogens is 320 g/mol. The monoisotopic (exact) mass is 344 g/mol. The lowest BCUT2D eigenvalue weighted by Crippen LogP contribution is -2.56. The molecular formula is C17H24N6O2. The fraction of sp³-hybridized carbons (Fsp3) is 0.529. The van der Waals surface area contributed by atoms with Gasteiger partial charge in [-0.2, -0.15) is 0 Å². The summed E-state index contributed by atoms with van der Waals surface area (Å²) in [4.78, 5) is 21.0. The summed E-state index contributed by atoms with van der Waals surface area (Å²) >= 11 is 0. The van der Waals surface area contributed by atoms with Crippen LogP contribution in [0.5, 0.6) is 0 Å². The van der Waals surface area contributed by atoms with Crippen molar-refractivity contribution in [1.82, 2.24) is 29.8 Å². The summed E-state index contributed by atoms with van der Waals surface area (Å²) in [6.07, 6.45) is 6.52. The van der Waals surface area contributed by atoms with E-state index < -0.39 is 5.60 Å². The molecule has 8 heteroatoms. The molecule has 0 spiro atoms. The van der Waals surface area contributed by atoms with Crippen molar-refractivity contribution >= 4 is 5.91 Å². The summed E-state index contributed by atoms with van der Waals surface area (Å²) in [5, 5.41) is 17.7. The number of hydrogen-bond acceptors (Lipinski definition) is 6. The van der Waals surface area contributed by atoms with Gasteiger partial charge >= 0.3 is 0 Å². The van der Waals surface area contributed by atoms with Gasteiger partial charge in [0.25, 0.3) is 5.91 Å². The smallest absolute Gasteiger partial charge is 0.255 e. The summed E-state index contributed by atoms with van der Waals surface area (Å²) < 4.78 is 1.58. The van der Waals surface area contributed by atoms with Crippen molar-refractivity contribution in [2.24, 2.45) is 0 Å². The highest BCUT2D eigenvalue weighted by Gasteiger charge is 2.30.